The number of nitrogens with one attached hydrogen (secondary N) is 2. The summed E-state index contributed by atoms with van der Waals surface area (Å²) in [5.74, 6) is -1.90. The van der Waals surface area contributed by atoms with Crippen LogP contribution in [0.1, 0.15) is 55.3 Å². The van der Waals surface area contributed by atoms with Crippen molar-refractivity contribution in [3.8, 4) is 0 Å². The average molecular weight is 320 g/mol. The zero-order chi connectivity index (χ0) is 17.8. The van der Waals surface area contributed by atoms with E-state index in [1.807, 2.05) is 20.8 Å². The van der Waals surface area contributed by atoms with Gasteiger partial charge in [0.25, 0.3) is 5.91 Å². The fraction of sp³-hybridized carbons (Fsp3) is 0.471. The number of benzene rings is 1. The molecule has 23 heavy (non-hydrogen) atoms. The molecule has 0 heterocycles. The van der Waals surface area contributed by atoms with Gasteiger partial charge in [0.1, 0.15) is 5.54 Å². The maximum Gasteiger partial charge on any atom is 0.335 e. The summed E-state index contributed by atoms with van der Waals surface area (Å²) in [6, 6.07) is 5.68. The van der Waals surface area contributed by atoms with Gasteiger partial charge in [-0.15, -0.1) is 0 Å². The Balaban J connectivity index is 2.80. The molecule has 0 bridgehead atoms. The Morgan fingerprint density at radius 1 is 1.04 bits per heavy atom. The molecule has 0 aliphatic rings. The van der Waals surface area contributed by atoms with Crippen LogP contribution in [0.3, 0.4) is 0 Å². The maximum absolute atomic E-state index is 12.3. The number of carbonyl (C=O) groups is 3. The van der Waals surface area contributed by atoms with Crippen LogP contribution in [0.25, 0.3) is 0 Å². The molecule has 3 N–H and O–H groups in total. The predicted octanol–water partition coefficient (Wildman–Crippen LogP) is 2.06. The van der Waals surface area contributed by atoms with E-state index in [1.54, 1.807) is 13.8 Å². The van der Waals surface area contributed by atoms with E-state index in [0.717, 1.165) is 0 Å². The van der Waals surface area contributed by atoms with E-state index in [0.29, 0.717) is 6.54 Å². The molecule has 0 radical (unpaired) electrons. The minimum atomic E-state index is -1.11. The van der Waals surface area contributed by atoms with Crippen LogP contribution in [0.4, 0.5) is 0 Å². The monoisotopic (exact) mass is 320 g/mol. The summed E-state index contributed by atoms with van der Waals surface area (Å²) < 4.78 is 0. The molecule has 0 aliphatic heterocycles. The summed E-state index contributed by atoms with van der Waals surface area (Å²) in [7, 11) is 0. The minimum Gasteiger partial charge on any atom is -0.478 e. The molecular formula is C17H24N2O4. The number of hydrogen-bond donors (Lipinski definition) is 3. The number of aromatic carboxylic acids is 1. The molecular weight excluding hydrogens is 296 g/mol. The Hall–Kier alpha value is -2.37. The first-order valence-electron chi connectivity index (χ1n) is 7.36. The van der Waals surface area contributed by atoms with Gasteiger partial charge in [0.15, 0.2) is 0 Å². The summed E-state index contributed by atoms with van der Waals surface area (Å²) in [4.78, 5) is 35.4. The first-order valence-corrected chi connectivity index (χ1v) is 7.36. The zero-order valence-corrected chi connectivity index (χ0v) is 14.2. The summed E-state index contributed by atoms with van der Waals surface area (Å²) >= 11 is 0. The van der Waals surface area contributed by atoms with Crippen LogP contribution < -0.4 is 10.6 Å². The van der Waals surface area contributed by atoms with Gasteiger partial charge in [0.2, 0.25) is 5.91 Å². The fourth-order valence-corrected chi connectivity index (χ4v) is 1.77. The first-order chi connectivity index (χ1) is 10.4. The largest absolute Gasteiger partial charge is 0.478 e. The highest BCUT2D eigenvalue weighted by Gasteiger charge is 2.30. The van der Waals surface area contributed by atoms with Crippen molar-refractivity contribution in [3.63, 3.8) is 0 Å². The second-order valence-corrected chi connectivity index (χ2v) is 7.21. The third-order valence-corrected chi connectivity index (χ3v) is 3.14. The van der Waals surface area contributed by atoms with Crippen LogP contribution in [0.5, 0.6) is 0 Å². The molecule has 126 valence electrons. The lowest BCUT2D eigenvalue weighted by molar-refractivity contribution is -0.126. The molecule has 0 saturated carbocycles. The Kier molecular flexibility index (Phi) is 5.53. The van der Waals surface area contributed by atoms with Gasteiger partial charge in [0.05, 0.1) is 5.56 Å². The molecule has 2 amide bonds. The summed E-state index contributed by atoms with van der Waals surface area (Å²) in [6.45, 7) is 9.68. The van der Waals surface area contributed by atoms with E-state index in [-0.39, 0.29) is 22.4 Å². The van der Waals surface area contributed by atoms with E-state index in [2.05, 4.69) is 10.6 Å². The smallest absolute Gasteiger partial charge is 0.335 e. The zero-order valence-electron chi connectivity index (χ0n) is 14.2. The van der Waals surface area contributed by atoms with Crippen LogP contribution in [0.15, 0.2) is 24.3 Å². The fourth-order valence-electron chi connectivity index (χ4n) is 1.77. The van der Waals surface area contributed by atoms with Crippen LogP contribution in [-0.4, -0.2) is 35.0 Å². The Bertz CT molecular complexity index is 615. The molecule has 6 nitrogen and oxygen atoms in total. The van der Waals surface area contributed by atoms with Gasteiger partial charge in [-0.25, -0.2) is 4.79 Å². The highest BCUT2D eigenvalue weighted by molar-refractivity contribution is 6.00. The molecule has 1 aromatic rings. The van der Waals surface area contributed by atoms with Gasteiger partial charge in [-0.3, -0.25) is 9.59 Å². The van der Waals surface area contributed by atoms with Crippen molar-refractivity contribution in [2.24, 2.45) is 5.41 Å². The third-order valence-electron chi connectivity index (χ3n) is 3.14. The molecule has 1 aromatic carbocycles. The lowest BCUT2D eigenvalue weighted by atomic mass is 9.95. The Morgan fingerprint density at radius 3 is 2.13 bits per heavy atom. The lowest BCUT2D eigenvalue weighted by Crippen LogP contribution is -2.55. The van der Waals surface area contributed by atoms with Gasteiger partial charge < -0.3 is 15.7 Å². The predicted molar refractivity (Wildman–Crippen MR) is 87.4 cm³/mol. The van der Waals surface area contributed by atoms with Crippen molar-refractivity contribution in [1.29, 1.82) is 0 Å². The van der Waals surface area contributed by atoms with E-state index in [4.69, 9.17) is 5.11 Å². The number of hydrogen-bond acceptors (Lipinski definition) is 3. The van der Waals surface area contributed by atoms with Gasteiger partial charge >= 0.3 is 5.97 Å². The van der Waals surface area contributed by atoms with E-state index in [1.165, 1.54) is 24.3 Å². The highest BCUT2D eigenvalue weighted by atomic mass is 16.4. The number of carbonyl (C=O) groups excluding carboxylic acids is 2. The van der Waals surface area contributed by atoms with Gasteiger partial charge in [0, 0.05) is 12.1 Å². The topological polar surface area (TPSA) is 95.5 Å². The number of carboxylic acids is 1. The van der Waals surface area contributed by atoms with Crippen molar-refractivity contribution in [2.75, 3.05) is 6.54 Å². The van der Waals surface area contributed by atoms with Crippen molar-refractivity contribution >= 4 is 17.8 Å². The molecule has 6 heteroatoms. The minimum absolute atomic E-state index is 0.0210. The first kappa shape index (κ1) is 18.7. The standard InChI is InChI=1S/C17H24N2O4/c1-16(2,3)10-18-15(23)17(4,5)19-13(20)11-7-6-8-12(9-11)14(21)22/h6-9H,10H2,1-5H3,(H,18,23)(H,19,20)(H,21,22). The molecule has 0 spiro atoms. The second-order valence-electron chi connectivity index (χ2n) is 7.21. The summed E-state index contributed by atoms with van der Waals surface area (Å²) in [5.41, 5.74) is -0.957. The molecule has 1 rings (SSSR count). The third kappa shape index (κ3) is 5.73. The second kappa shape index (κ2) is 6.81. The number of carboxylic acid groups (broad SMARTS) is 1. The maximum atomic E-state index is 12.3. The molecule has 0 aromatic heterocycles. The van der Waals surface area contributed by atoms with Crippen LogP contribution in [0.2, 0.25) is 0 Å². The van der Waals surface area contributed by atoms with E-state index in [9.17, 15) is 14.4 Å². The quantitative estimate of drug-likeness (QED) is 0.774. The van der Waals surface area contributed by atoms with Crippen LogP contribution in [0, 0.1) is 5.41 Å². The van der Waals surface area contributed by atoms with Gasteiger partial charge in [-0.1, -0.05) is 26.8 Å². The molecule has 0 unspecified atom stereocenters. The normalized spacial score (nSPS) is 11.7. The van der Waals surface area contributed by atoms with Crippen LogP contribution >= 0.6 is 0 Å². The van der Waals surface area contributed by atoms with E-state index < -0.39 is 17.4 Å². The van der Waals surface area contributed by atoms with Gasteiger partial charge in [-0.05, 0) is 37.5 Å². The van der Waals surface area contributed by atoms with Crippen LogP contribution in [-0.2, 0) is 4.79 Å². The molecule has 0 aliphatic carbocycles. The van der Waals surface area contributed by atoms with Crippen molar-refractivity contribution < 1.29 is 19.5 Å². The molecule has 0 saturated heterocycles. The Labute approximate surface area is 136 Å². The Morgan fingerprint density at radius 2 is 1.61 bits per heavy atom. The van der Waals surface area contributed by atoms with Gasteiger partial charge in [-0.2, -0.15) is 0 Å². The highest BCUT2D eigenvalue weighted by Crippen LogP contribution is 2.12. The SMILES string of the molecule is CC(C)(C)CNC(=O)C(C)(C)NC(=O)c1cccc(C(=O)O)c1. The van der Waals surface area contributed by atoms with E-state index >= 15 is 0 Å². The molecule has 0 fully saturated rings. The summed E-state index contributed by atoms with van der Waals surface area (Å²) in [6.07, 6.45) is 0. The lowest BCUT2D eigenvalue weighted by Gasteiger charge is -2.27. The number of rotatable bonds is 5. The van der Waals surface area contributed by atoms with Crippen molar-refractivity contribution in [2.45, 2.75) is 40.2 Å². The van der Waals surface area contributed by atoms with Crippen molar-refractivity contribution in [1.82, 2.24) is 10.6 Å². The average Bonchev–Trinajstić information content (AvgIpc) is 2.43. The number of amides is 2. The molecule has 0 atom stereocenters. The van der Waals surface area contributed by atoms with Crippen molar-refractivity contribution in [3.05, 3.63) is 35.4 Å². The summed E-state index contributed by atoms with van der Waals surface area (Å²) in [5, 5.41) is 14.4.